The van der Waals surface area contributed by atoms with Gasteiger partial charge in [0.25, 0.3) is 0 Å². The first-order valence-corrected chi connectivity index (χ1v) is 20.2. The first kappa shape index (κ1) is 33.4. The number of hydrogen-bond acceptors (Lipinski definition) is 3. The van der Waals surface area contributed by atoms with Gasteiger partial charge in [0.2, 0.25) is 5.91 Å². The molecule has 0 aliphatic rings. The van der Waals surface area contributed by atoms with E-state index in [1.54, 1.807) is 0 Å². The summed E-state index contributed by atoms with van der Waals surface area (Å²) in [6.07, 6.45) is -0.281. The molecule has 0 heterocycles. The quantitative estimate of drug-likeness (QED) is 0.132. The maximum atomic E-state index is 14.3. The zero-order valence-corrected chi connectivity index (χ0v) is 28.8. The average Bonchev–Trinajstić information content (AvgIpc) is 3.00. The van der Waals surface area contributed by atoms with Gasteiger partial charge in [0.1, 0.15) is 0 Å². The van der Waals surface area contributed by atoms with Gasteiger partial charge in [-0.1, -0.05) is 142 Å². The van der Waals surface area contributed by atoms with Crippen LogP contribution >= 0.6 is 6.89 Å². The van der Waals surface area contributed by atoms with E-state index in [2.05, 4.69) is 75.6 Å². The third kappa shape index (κ3) is 8.15. The fourth-order valence-electron chi connectivity index (χ4n) is 5.23. The highest BCUT2D eigenvalue weighted by Crippen LogP contribution is 2.44. The Hall–Kier alpha value is -3.50. The Morgan fingerprint density at radius 1 is 0.727 bits per heavy atom. The van der Waals surface area contributed by atoms with E-state index < -0.39 is 21.3 Å². The Balaban J connectivity index is 1.74. The first-order valence-electron chi connectivity index (χ1n) is 15.4. The number of rotatable bonds is 12. The van der Waals surface area contributed by atoms with E-state index in [0.717, 1.165) is 21.5 Å². The Labute approximate surface area is 265 Å². The van der Waals surface area contributed by atoms with Crippen LogP contribution in [0.3, 0.4) is 0 Å². The molecule has 4 aromatic rings. The zero-order valence-electron chi connectivity index (χ0n) is 26.9. The summed E-state index contributed by atoms with van der Waals surface area (Å²) < 4.78 is 6.81. The Kier molecular flexibility index (Phi) is 11.0. The molecule has 0 aliphatic heterocycles. The topological polar surface area (TPSA) is 55.4 Å². The number of amides is 1. The fraction of sp³-hybridized carbons (Fsp3) is 0.289. The molecule has 0 radical (unpaired) electrons. The number of Topliss-reactive ketones (excluding diaryl/α,β-unsaturated/α-hetero) is 1. The van der Waals surface area contributed by atoms with Crippen LogP contribution < -0.4 is 21.2 Å². The molecule has 0 saturated heterocycles. The third-order valence-corrected chi connectivity index (χ3v) is 17.2. The molecule has 0 aromatic heterocycles. The van der Waals surface area contributed by atoms with Crippen LogP contribution in [0.4, 0.5) is 0 Å². The third-order valence-electron chi connectivity index (χ3n) is 8.61. The van der Waals surface area contributed by atoms with Crippen LogP contribution in [-0.2, 0) is 14.0 Å². The number of carbonyl (C=O) groups is 2. The van der Waals surface area contributed by atoms with E-state index in [-0.39, 0.29) is 35.6 Å². The predicted octanol–water partition coefficient (Wildman–Crippen LogP) is 7.40. The van der Waals surface area contributed by atoms with Crippen LogP contribution in [0.2, 0.25) is 18.1 Å². The number of carbonyl (C=O) groups excluding carboxylic acids is 2. The maximum Gasteiger partial charge on any atom is 0.223 e. The fourth-order valence-corrected chi connectivity index (χ4v) is 10.4. The van der Waals surface area contributed by atoms with Gasteiger partial charge in [-0.2, -0.15) is 0 Å². The molecule has 1 N–H and O–H groups in total. The van der Waals surface area contributed by atoms with Gasteiger partial charge in [-0.15, -0.1) is 0 Å². The predicted molar refractivity (Wildman–Crippen MR) is 191 cm³/mol. The molecule has 0 aliphatic carbocycles. The highest BCUT2D eigenvalue weighted by atomic mass is 31.2. The van der Waals surface area contributed by atoms with Gasteiger partial charge >= 0.3 is 0 Å². The van der Waals surface area contributed by atoms with Gasteiger partial charge in [0.15, 0.2) is 14.1 Å². The van der Waals surface area contributed by atoms with Gasteiger partial charge in [0, 0.05) is 6.42 Å². The molecule has 0 bridgehead atoms. The molecule has 4 nitrogen and oxygen atoms in total. The molecule has 0 saturated carbocycles. The lowest BCUT2D eigenvalue weighted by Gasteiger charge is -2.39. The molecule has 2 atom stereocenters. The van der Waals surface area contributed by atoms with Crippen LogP contribution in [0.15, 0.2) is 121 Å². The van der Waals surface area contributed by atoms with Gasteiger partial charge in [-0.05, 0) is 59.2 Å². The van der Waals surface area contributed by atoms with E-state index in [4.69, 9.17) is 4.43 Å². The van der Waals surface area contributed by atoms with Crippen molar-refractivity contribution in [1.82, 2.24) is 5.32 Å². The number of ketones is 1. The SMILES string of the molecule is C[C@@H](NC(=O)C[C@@H](CC(=O)C=P(c1ccccc1)(c1ccccc1)c1ccccc1)O[Si](C)(C)C(C)(C)C)c1ccccc1. The van der Waals surface area contributed by atoms with E-state index >= 15 is 0 Å². The summed E-state index contributed by atoms with van der Waals surface area (Å²) in [6, 6.07) is 40.8. The molecule has 0 unspecified atom stereocenters. The molecular weight excluding hydrogens is 577 g/mol. The summed E-state index contributed by atoms with van der Waals surface area (Å²) in [5, 5.41) is 6.40. The molecule has 6 heteroatoms. The highest BCUT2D eigenvalue weighted by molar-refractivity contribution is 7.95. The lowest BCUT2D eigenvalue weighted by Crippen LogP contribution is -2.45. The maximum absolute atomic E-state index is 14.3. The second kappa shape index (κ2) is 14.5. The Morgan fingerprint density at radius 2 is 1.14 bits per heavy atom. The van der Waals surface area contributed by atoms with E-state index in [0.29, 0.717) is 0 Å². The second-order valence-corrected chi connectivity index (χ2v) is 20.9. The van der Waals surface area contributed by atoms with Crippen LogP contribution in [-0.4, -0.2) is 31.9 Å². The lowest BCUT2D eigenvalue weighted by molar-refractivity contribution is -0.124. The smallest absolute Gasteiger partial charge is 0.223 e. The van der Waals surface area contributed by atoms with Gasteiger partial charge in [-0.3, -0.25) is 9.59 Å². The molecule has 230 valence electrons. The molecule has 0 fully saturated rings. The zero-order chi connectivity index (χ0) is 31.8. The van der Waals surface area contributed by atoms with Gasteiger partial charge in [0.05, 0.1) is 18.6 Å². The number of benzene rings is 4. The van der Waals surface area contributed by atoms with Crippen molar-refractivity contribution >= 4 is 48.6 Å². The molecule has 44 heavy (non-hydrogen) atoms. The van der Waals surface area contributed by atoms with Crippen molar-refractivity contribution in [2.24, 2.45) is 0 Å². The number of hydrogen-bond donors (Lipinski definition) is 1. The van der Waals surface area contributed by atoms with Crippen LogP contribution in [0.25, 0.3) is 0 Å². The lowest BCUT2D eigenvalue weighted by atomic mass is 10.1. The normalized spacial score (nSPS) is 13.5. The first-order chi connectivity index (χ1) is 20.9. The van der Waals surface area contributed by atoms with E-state index in [1.165, 1.54) is 0 Å². The molecule has 4 aromatic carbocycles. The van der Waals surface area contributed by atoms with Crippen molar-refractivity contribution in [3.05, 3.63) is 127 Å². The van der Waals surface area contributed by atoms with Gasteiger partial charge in [-0.25, -0.2) is 0 Å². The summed E-state index contributed by atoms with van der Waals surface area (Å²) >= 11 is 0. The summed E-state index contributed by atoms with van der Waals surface area (Å²) in [6.45, 7) is 10.4. The Morgan fingerprint density at radius 3 is 1.55 bits per heavy atom. The van der Waals surface area contributed by atoms with Crippen molar-refractivity contribution in [2.45, 2.75) is 70.8 Å². The highest BCUT2D eigenvalue weighted by Gasteiger charge is 2.40. The second-order valence-electron chi connectivity index (χ2n) is 12.9. The summed E-state index contributed by atoms with van der Waals surface area (Å²) in [4.78, 5) is 27.7. The number of nitrogens with one attached hydrogen (secondary N) is 1. The van der Waals surface area contributed by atoms with Crippen LogP contribution in [0.5, 0.6) is 0 Å². The van der Waals surface area contributed by atoms with Gasteiger partial charge < -0.3 is 9.74 Å². The monoisotopic (exact) mass is 623 g/mol. The summed E-state index contributed by atoms with van der Waals surface area (Å²) in [5.41, 5.74) is 1.04. The minimum absolute atomic E-state index is 0.0116. The standard InChI is InChI=1S/C38H46NO3PSi/c1-30(31-19-11-7-12-20-31)39-37(41)28-33(42-44(5,6)38(2,3)4)27-32(40)29-43(34-21-13-8-14-22-34,35-23-15-9-16-24-35)36-25-17-10-18-26-36/h7-26,29-30,33H,27-28H2,1-6H3,(H,39,41)/t30-,33-/m1/s1. The summed E-state index contributed by atoms with van der Waals surface area (Å²) in [5.74, 6) is 1.83. The molecule has 0 spiro atoms. The van der Waals surface area contributed by atoms with E-state index in [9.17, 15) is 9.59 Å². The minimum Gasteiger partial charge on any atom is -0.413 e. The van der Waals surface area contributed by atoms with Crippen molar-refractivity contribution in [3.63, 3.8) is 0 Å². The van der Waals surface area contributed by atoms with E-state index in [1.807, 2.05) is 97.6 Å². The Bertz CT molecular complexity index is 1460. The van der Waals surface area contributed by atoms with Crippen LogP contribution in [0.1, 0.15) is 52.1 Å². The largest absolute Gasteiger partial charge is 0.413 e. The van der Waals surface area contributed by atoms with Crippen molar-refractivity contribution in [1.29, 1.82) is 0 Å². The van der Waals surface area contributed by atoms with Crippen molar-refractivity contribution < 1.29 is 14.0 Å². The molecule has 1 amide bonds. The minimum atomic E-state index is -2.47. The van der Waals surface area contributed by atoms with Crippen LogP contribution in [0, 0.1) is 0 Å². The van der Waals surface area contributed by atoms with Crippen molar-refractivity contribution in [3.8, 4) is 0 Å². The van der Waals surface area contributed by atoms with Crippen molar-refractivity contribution in [2.75, 3.05) is 0 Å². The average molecular weight is 624 g/mol. The molecule has 4 rings (SSSR count). The summed E-state index contributed by atoms with van der Waals surface area (Å²) in [7, 11) is -2.29. The molecular formula is C38H46NO3PSi.